The molecular weight excluding hydrogens is 126 g/mol. The Morgan fingerprint density at radius 1 is 1.80 bits per heavy atom. The molecule has 1 aliphatic carbocycles. The van der Waals surface area contributed by atoms with Gasteiger partial charge in [0.2, 0.25) is 5.91 Å². The molecule has 1 amide bonds. The van der Waals surface area contributed by atoms with Crippen molar-refractivity contribution in [3.8, 4) is 0 Å². The first-order chi connectivity index (χ1) is 4.83. The van der Waals surface area contributed by atoms with E-state index in [0.29, 0.717) is 6.04 Å². The highest BCUT2D eigenvalue weighted by molar-refractivity contribution is 5.87. The summed E-state index contributed by atoms with van der Waals surface area (Å²) in [7, 11) is 0. The first-order valence-corrected chi connectivity index (χ1v) is 3.59. The molecule has 1 fully saturated rings. The predicted molar refractivity (Wildman–Crippen MR) is 40.3 cm³/mol. The topological polar surface area (TPSA) is 29.1 Å². The molecule has 1 rings (SSSR count). The summed E-state index contributed by atoms with van der Waals surface area (Å²) in [6, 6.07) is 0.297. The van der Waals surface area contributed by atoms with Gasteiger partial charge >= 0.3 is 0 Å². The molecule has 2 nitrogen and oxygen atoms in total. The van der Waals surface area contributed by atoms with Crippen LogP contribution in [0.3, 0.4) is 0 Å². The summed E-state index contributed by atoms with van der Waals surface area (Å²) in [6.45, 7) is 3.38. The van der Waals surface area contributed by atoms with Crippen molar-refractivity contribution in [2.75, 3.05) is 0 Å². The Hall–Kier alpha value is -0.790. The highest BCUT2D eigenvalue weighted by Gasteiger charge is 2.15. The van der Waals surface area contributed by atoms with Gasteiger partial charge in [0.1, 0.15) is 0 Å². The number of amides is 1. The SMILES string of the molecule is C=CC(=O)NC1[CH]CCC1. The van der Waals surface area contributed by atoms with Crippen LogP contribution in [0.25, 0.3) is 0 Å². The maximum atomic E-state index is 10.7. The van der Waals surface area contributed by atoms with Crippen molar-refractivity contribution in [3.63, 3.8) is 0 Å². The van der Waals surface area contributed by atoms with Crippen molar-refractivity contribution in [1.82, 2.24) is 5.32 Å². The minimum atomic E-state index is -0.0665. The van der Waals surface area contributed by atoms with E-state index >= 15 is 0 Å². The van der Waals surface area contributed by atoms with Crippen molar-refractivity contribution in [2.45, 2.75) is 25.3 Å². The molecule has 10 heavy (non-hydrogen) atoms. The largest absolute Gasteiger partial charge is 0.350 e. The second kappa shape index (κ2) is 3.40. The van der Waals surface area contributed by atoms with E-state index in [1.165, 1.54) is 12.5 Å². The van der Waals surface area contributed by atoms with Gasteiger partial charge in [-0.3, -0.25) is 4.79 Å². The molecule has 1 atom stereocenters. The molecule has 0 aromatic heterocycles. The second-order valence-electron chi connectivity index (χ2n) is 2.49. The summed E-state index contributed by atoms with van der Waals surface area (Å²) >= 11 is 0. The van der Waals surface area contributed by atoms with Crippen molar-refractivity contribution in [3.05, 3.63) is 19.1 Å². The van der Waals surface area contributed by atoms with Crippen LogP contribution in [0.4, 0.5) is 0 Å². The Balaban J connectivity index is 2.23. The van der Waals surface area contributed by atoms with E-state index in [9.17, 15) is 4.79 Å². The molecular formula is C8H12NO. The van der Waals surface area contributed by atoms with Crippen molar-refractivity contribution < 1.29 is 4.79 Å². The molecule has 1 aliphatic rings. The third kappa shape index (κ3) is 1.87. The van der Waals surface area contributed by atoms with Crippen LogP contribution in [0.2, 0.25) is 0 Å². The standard InChI is InChI=1S/C8H12NO/c1-2-8(10)9-7-5-3-4-6-7/h2,5,7H,1,3-4,6H2,(H,9,10). The number of carbonyl (C=O) groups is 1. The summed E-state index contributed by atoms with van der Waals surface area (Å²) in [5.41, 5.74) is 0. The third-order valence-electron chi connectivity index (χ3n) is 1.68. The summed E-state index contributed by atoms with van der Waals surface area (Å²) in [5, 5.41) is 2.82. The zero-order valence-corrected chi connectivity index (χ0v) is 5.97. The Kier molecular flexibility index (Phi) is 2.49. The molecule has 1 saturated carbocycles. The normalized spacial score (nSPS) is 18.8. The van der Waals surface area contributed by atoms with Crippen molar-refractivity contribution in [1.29, 1.82) is 0 Å². The van der Waals surface area contributed by atoms with E-state index in [1.54, 1.807) is 0 Å². The van der Waals surface area contributed by atoms with Crippen LogP contribution in [0.15, 0.2) is 12.7 Å². The molecule has 1 unspecified atom stereocenters. The predicted octanol–water partition coefficient (Wildman–Crippen LogP) is 1.05. The Morgan fingerprint density at radius 3 is 3.10 bits per heavy atom. The maximum Gasteiger partial charge on any atom is 0.243 e. The fourth-order valence-electron chi connectivity index (χ4n) is 1.15. The lowest BCUT2D eigenvalue weighted by molar-refractivity contribution is -0.116. The molecule has 1 radical (unpaired) electrons. The van der Waals surface area contributed by atoms with Gasteiger partial charge in [-0.15, -0.1) is 0 Å². The van der Waals surface area contributed by atoms with Gasteiger partial charge in [0.15, 0.2) is 0 Å². The zero-order chi connectivity index (χ0) is 7.40. The van der Waals surface area contributed by atoms with Gasteiger partial charge in [-0.1, -0.05) is 13.0 Å². The quantitative estimate of drug-likeness (QED) is 0.568. The Bertz CT molecular complexity index is 136. The number of nitrogens with one attached hydrogen (secondary N) is 1. The smallest absolute Gasteiger partial charge is 0.243 e. The van der Waals surface area contributed by atoms with Crippen LogP contribution in [0, 0.1) is 6.42 Å². The van der Waals surface area contributed by atoms with Gasteiger partial charge in [-0.05, 0) is 25.3 Å². The van der Waals surface area contributed by atoms with Crippen molar-refractivity contribution in [2.24, 2.45) is 0 Å². The number of carbonyl (C=O) groups excluding carboxylic acids is 1. The highest BCUT2D eigenvalue weighted by Crippen LogP contribution is 2.16. The lowest BCUT2D eigenvalue weighted by Crippen LogP contribution is -2.31. The number of hydrogen-bond donors (Lipinski definition) is 1. The monoisotopic (exact) mass is 138 g/mol. The van der Waals surface area contributed by atoms with Crippen LogP contribution < -0.4 is 5.32 Å². The van der Waals surface area contributed by atoms with E-state index < -0.39 is 0 Å². The maximum absolute atomic E-state index is 10.7. The number of rotatable bonds is 2. The molecule has 2 heteroatoms. The van der Waals surface area contributed by atoms with Crippen LogP contribution in [0.5, 0.6) is 0 Å². The molecule has 0 aliphatic heterocycles. The van der Waals surface area contributed by atoms with Gasteiger partial charge in [0, 0.05) is 6.04 Å². The summed E-state index contributed by atoms with van der Waals surface area (Å²) in [6.07, 6.45) is 6.86. The van der Waals surface area contributed by atoms with E-state index in [0.717, 1.165) is 12.8 Å². The fourth-order valence-corrected chi connectivity index (χ4v) is 1.15. The molecule has 0 saturated heterocycles. The van der Waals surface area contributed by atoms with Crippen LogP contribution in [-0.4, -0.2) is 11.9 Å². The minimum absolute atomic E-state index is 0.0665. The first kappa shape index (κ1) is 7.32. The molecule has 0 bridgehead atoms. The van der Waals surface area contributed by atoms with E-state index in [-0.39, 0.29) is 5.91 Å². The molecule has 0 heterocycles. The molecule has 1 N–H and O–H groups in total. The van der Waals surface area contributed by atoms with Gasteiger partial charge in [0.25, 0.3) is 0 Å². The van der Waals surface area contributed by atoms with Crippen LogP contribution in [0.1, 0.15) is 19.3 Å². The summed E-state index contributed by atoms with van der Waals surface area (Å²) < 4.78 is 0. The second-order valence-corrected chi connectivity index (χ2v) is 2.49. The van der Waals surface area contributed by atoms with E-state index in [4.69, 9.17) is 0 Å². The lowest BCUT2D eigenvalue weighted by Gasteiger charge is -2.07. The van der Waals surface area contributed by atoms with E-state index in [2.05, 4.69) is 18.3 Å². The van der Waals surface area contributed by atoms with E-state index in [1.807, 2.05) is 0 Å². The van der Waals surface area contributed by atoms with Gasteiger partial charge in [0.05, 0.1) is 0 Å². The Morgan fingerprint density at radius 2 is 2.60 bits per heavy atom. The van der Waals surface area contributed by atoms with Crippen LogP contribution >= 0.6 is 0 Å². The summed E-state index contributed by atoms with van der Waals surface area (Å²) in [4.78, 5) is 10.7. The molecule has 0 spiro atoms. The number of hydrogen-bond acceptors (Lipinski definition) is 1. The first-order valence-electron chi connectivity index (χ1n) is 3.59. The third-order valence-corrected chi connectivity index (χ3v) is 1.68. The lowest BCUT2D eigenvalue weighted by atomic mass is 10.2. The van der Waals surface area contributed by atoms with Gasteiger partial charge in [-0.25, -0.2) is 0 Å². The van der Waals surface area contributed by atoms with Crippen molar-refractivity contribution >= 4 is 5.91 Å². The van der Waals surface area contributed by atoms with Gasteiger partial charge < -0.3 is 5.32 Å². The summed E-state index contributed by atoms with van der Waals surface area (Å²) in [5.74, 6) is -0.0665. The average Bonchev–Trinajstić information content (AvgIpc) is 2.40. The average molecular weight is 138 g/mol. The molecule has 0 aromatic rings. The zero-order valence-electron chi connectivity index (χ0n) is 5.97. The van der Waals surface area contributed by atoms with Crippen LogP contribution in [-0.2, 0) is 4.79 Å². The molecule has 0 aromatic carbocycles. The minimum Gasteiger partial charge on any atom is -0.350 e. The highest BCUT2D eigenvalue weighted by atomic mass is 16.1. The fraction of sp³-hybridized carbons (Fsp3) is 0.500. The van der Waals surface area contributed by atoms with Gasteiger partial charge in [-0.2, -0.15) is 0 Å². The Labute approximate surface area is 61.3 Å². The molecule has 55 valence electrons.